The predicted molar refractivity (Wildman–Crippen MR) is 52.1 cm³/mol. The Hall–Kier alpha value is -1.34. The van der Waals surface area contributed by atoms with E-state index in [1.54, 1.807) is 0 Å². The van der Waals surface area contributed by atoms with Gasteiger partial charge in [0.1, 0.15) is 12.2 Å². The summed E-state index contributed by atoms with van der Waals surface area (Å²) in [4.78, 5) is 0. The van der Waals surface area contributed by atoms with Gasteiger partial charge < -0.3 is 4.74 Å². The van der Waals surface area contributed by atoms with Crippen molar-refractivity contribution in [3.63, 3.8) is 0 Å². The summed E-state index contributed by atoms with van der Waals surface area (Å²) in [6, 6.07) is 5.34. The van der Waals surface area contributed by atoms with Gasteiger partial charge >= 0.3 is 0 Å². The molecule has 0 aliphatic rings. The third-order valence-corrected chi connectivity index (χ3v) is 2.09. The summed E-state index contributed by atoms with van der Waals surface area (Å²) in [7, 11) is 1.29. The van der Waals surface area contributed by atoms with Crippen LogP contribution in [-0.4, -0.2) is 7.11 Å². The standard InChI is InChI=1S/C10H8ClF2NO/c1-15-9-3-2-7(11)6-8(9)10(12,13)4-5-14/h2-3,6H,4H2,1H3. The van der Waals surface area contributed by atoms with E-state index in [1.165, 1.54) is 25.3 Å². The lowest BCUT2D eigenvalue weighted by Crippen LogP contribution is -2.13. The van der Waals surface area contributed by atoms with E-state index in [0.29, 0.717) is 0 Å². The number of benzene rings is 1. The van der Waals surface area contributed by atoms with Crippen LogP contribution in [0.15, 0.2) is 18.2 Å². The van der Waals surface area contributed by atoms with Crippen molar-refractivity contribution in [3.8, 4) is 11.8 Å². The zero-order valence-electron chi connectivity index (χ0n) is 7.93. The van der Waals surface area contributed by atoms with Gasteiger partial charge in [0.05, 0.1) is 18.7 Å². The van der Waals surface area contributed by atoms with Gasteiger partial charge in [0, 0.05) is 5.02 Å². The van der Waals surface area contributed by atoms with E-state index < -0.39 is 12.3 Å². The van der Waals surface area contributed by atoms with Crippen LogP contribution in [-0.2, 0) is 5.92 Å². The Morgan fingerprint density at radius 1 is 1.53 bits per heavy atom. The number of hydrogen-bond donors (Lipinski definition) is 0. The van der Waals surface area contributed by atoms with Crippen molar-refractivity contribution in [3.05, 3.63) is 28.8 Å². The Morgan fingerprint density at radius 3 is 2.73 bits per heavy atom. The molecule has 0 amide bonds. The highest BCUT2D eigenvalue weighted by Gasteiger charge is 2.34. The lowest BCUT2D eigenvalue weighted by Gasteiger charge is -2.16. The number of ether oxygens (including phenoxy) is 1. The third kappa shape index (κ3) is 2.57. The topological polar surface area (TPSA) is 33.0 Å². The molecule has 15 heavy (non-hydrogen) atoms. The molecule has 0 atom stereocenters. The van der Waals surface area contributed by atoms with Gasteiger partial charge in [-0.1, -0.05) is 11.6 Å². The molecule has 80 valence electrons. The Bertz CT molecular complexity index is 401. The molecule has 2 nitrogen and oxygen atoms in total. The zero-order chi connectivity index (χ0) is 11.5. The van der Waals surface area contributed by atoms with Gasteiger partial charge in [-0.05, 0) is 18.2 Å². The van der Waals surface area contributed by atoms with Crippen molar-refractivity contribution >= 4 is 11.6 Å². The number of nitriles is 1. The molecule has 1 rings (SSSR count). The first-order chi connectivity index (χ1) is 7.01. The molecular formula is C10H8ClF2NO. The van der Waals surface area contributed by atoms with E-state index in [9.17, 15) is 8.78 Å². The molecule has 0 aromatic heterocycles. The number of alkyl halides is 2. The summed E-state index contributed by atoms with van der Waals surface area (Å²) in [6.07, 6.45) is -0.899. The number of hydrogen-bond acceptors (Lipinski definition) is 2. The normalized spacial score (nSPS) is 10.9. The summed E-state index contributed by atoms with van der Waals surface area (Å²) in [5.74, 6) is -3.22. The first-order valence-electron chi connectivity index (χ1n) is 4.10. The van der Waals surface area contributed by atoms with Gasteiger partial charge in [0.15, 0.2) is 0 Å². The van der Waals surface area contributed by atoms with Gasteiger partial charge in [-0.25, -0.2) is 8.78 Å². The average Bonchev–Trinajstić information content (AvgIpc) is 2.17. The molecule has 0 bridgehead atoms. The van der Waals surface area contributed by atoms with E-state index in [4.69, 9.17) is 21.6 Å². The Kier molecular flexibility index (Phi) is 3.48. The quantitative estimate of drug-likeness (QED) is 0.799. The summed E-state index contributed by atoms with van der Waals surface area (Å²) in [6.45, 7) is 0. The maximum Gasteiger partial charge on any atom is 0.289 e. The second-order valence-corrected chi connectivity index (χ2v) is 3.32. The van der Waals surface area contributed by atoms with Crippen LogP contribution in [0.25, 0.3) is 0 Å². The highest BCUT2D eigenvalue weighted by molar-refractivity contribution is 6.30. The van der Waals surface area contributed by atoms with Crippen molar-refractivity contribution in [2.24, 2.45) is 0 Å². The number of nitrogens with zero attached hydrogens (tertiary/aromatic N) is 1. The van der Waals surface area contributed by atoms with Crippen LogP contribution in [0.2, 0.25) is 5.02 Å². The molecule has 0 fully saturated rings. The molecule has 0 N–H and O–H groups in total. The second kappa shape index (κ2) is 4.45. The minimum atomic E-state index is -3.25. The van der Waals surface area contributed by atoms with Crippen LogP contribution in [0.5, 0.6) is 5.75 Å². The van der Waals surface area contributed by atoms with Crippen molar-refractivity contribution in [1.29, 1.82) is 5.26 Å². The Labute approximate surface area is 91.0 Å². The lowest BCUT2D eigenvalue weighted by atomic mass is 10.1. The molecule has 0 heterocycles. The van der Waals surface area contributed by atoms with Crippen LogP contribution >= 0.6 is 11.6 Å². The van der Waals surface area contributed by atoms with Gasteiger partial charge in [0.2, 0.25) is 0 Å². The van der Waals surface area contributed by atoms with E-state index >= 15 is 0 Å². The average molecular weight is 232 g/mol. The van der Waals surface area contributed by atoms with Crippen molar-refractivity contribution in [2.45, 2.75) is 12.3 Å². The minimum absolute atomic E-state index is 0.0275. The highest BCUT2D eigenvalue weighted by Crippen LogP contribution is 2.38. The third-order valence-electron chi connectivity index (χ3n) is 1.86. The van der Waals surface area contributed by atoms with Gasteiger partial charge in [-0.3, -0.25) is 0 Å². The maximum atomic E-state index is 13.4. The first kappa shape index (κ1) is 11.7. The highest BCUT2D eigenvalue weighted by atomic mass is 35.5. The smallest absolute Gasteiger partial charge is 0.289 e. The van der Waals surface area contributed by atoms with E-state index in [0.717, 1.165) is 6.07 Å². The SMILES string of the molecule is COc1ccc(Cl)cc1C(F)(F)CC#N. The monoisotopic (exact) mass is 231 g/mol. The van der Waals surface area contributed by atoms with Crippen LogP contribution < -0.4 is 4.74 Å². The summed E-state index contributed by atoms with van der Waals surface area (Å²) in [5, 5.41) is 8.48. The van der Waals surface area contributed by atoms with Gasteiger partial charge in [0.25, 0.3) is 5.92 Å². The summed E-state index contributed by atoms with van der Waals surface area (Å²) >= 11 is 5.61. The fourth-order valence-electron chi connectivity index (χ4n) is 1.16. The molecule has 5 heteroatoms. The molecule has 0 saturated heterocycles. The Morgan fingerprint density at radius 2 is 2.20 bits per heavy atom. The molecule has 0 radical (unpaired) electrons. The zero-order valence-corrected chi connectivity index (χ0v) is 8.68. The number of rotatable bonds is 3. The largest absolute Gasteiger partial charge is 0.496 e. The molecule has 0 spiro atoms. The van der Waals surface area contributed by atoms with Crippen molar-refractivity contribution in [1.82, 2.24) is 0 Å². The van der Waals surface area contributed by atoms with Crippen LogP contribution in [0.1, 0.15) is 12.0 Å². The van der Waals surface area contributed by atoms with Gasteiger partial charge in [-0.2, -0.15) is 5.26 Å². The molecule has 0 saturated carbocycles. The second-order valence-electron chi connectivity index (χ2n) is 2.88. The van der Waals surface area contributed by atoms with Crippen LogP contribution in [0, 0.1) is 11.3 Å². The molecule has 0 aliphatic carbocycles. The molecule has 1 aromatic rings. The summed E-state index contributed by atoms with van der Waals surface area (Å²) < 4.78 is 31.6. The molecule has 0 aliphatic heterocycles. The van der Waals surface area contributed by atoms with Crippen LogP contribution in [0.3, 0.4) is 0 Å². The Balaban J connectivity index is 3.22. The number of methoxy groups -OCH3 is 1. The first-order valence-corrected chi connectivity index (χ1v) is 4.48. The van der Waals surface area contributed by atoms with E-state index in [2.05, 4.69) is 0 Å². The van der Waals surface area contributed by atoms with Crippen LogP contribution in [0.4, 0.5) is 8.78 Å². The van der Waals surface area contributed by atoms with Crippen molar-refractivity contribution in [2.75, 3.05) is 7.11 Å². The lowest BCUT2D eigenvalue weighted by molar-refractivity contribution is -0.00126. The van der Waals surface area contributed by atoms with Crippen molar-refractivity contribution < 1.29 is 13.5 Å². The predicted octanol–water partition coefficient (Wildman–Crippen LogP) is 3.35. The van der Waals surface area contributed by atoms with E-state index in [1.807, 2.05) is 0 Å². The van der Waals surface area contributed by atoms with Gasteiger partial charge in [-0.15, -0.1) is 0 Å². The fraction of sp³-hybridized carbons (Fsp3) is 0.300. The summed E-state index contributed by atoms with van der Waals surface area (Å²) in [5.41, 5.74) is -0.362. The molecular weight excluding hydrogens is 224 g/mol. The number of halogens is 3. The molecule has 1 aromatic carbocycles. The van der Waals surface area contributed by atoms with E-state index in [-0.39, 0.29) is 16.3 Å². The minimum Gasteiger partial charge on any atom is -0.496 e. The maximum absolute atomic E-state index is 13.4. The molecule has 0 unspecified atom stereocenters. The fourth-order valence-corrected chi connectivity index (χ4v) is 1.33.